The van der Waals surface area contributed by atoms with Crippen molar-refractivity contribution in [1.82, 2.24) is 9.78 Å². The molecule has 1 fully saturated rings. The van der Waals surface area contributed by atoms with Crippen LogP contribution in [-0.4, -0.2) is 9.78 Å². The SMILES string of the molecule is CCn1nc(C)c(Cl)c1CC1(C#N)CCCC1. The van der Waals surface area contributed by atoms with Gasteiger partial charge in [0.05, 0.1) is 27.9 Å². The Labute approximate surface area is 107 Å². The number of nitrogens with zero attached hydrogens (tertiary/aromatic N) is 3. The fourth-order valence-electron chi connectivity index (χ4n) is 2.74. The van der Waals surface area contributed by atoms with Crippen LogP contribution < -0.4 is 0 Å². The van der Waals surface area contributed by atoms with Gasteiger partial charge >= 0.3 is 0 Å². The van der Waals surface area contributed by atoms with Crippen LogP contribution in [0.1, 0.15) is 44.0 Å². The van der Waals surface area contributed by atoms with Gasteiger partial charge in [0.2, 0.25) is 0 Å². The minimum Gasteiger partial charge on any atom is -0.268 e. The van der Waals surface area contributed by atoms with E-state index in [0.717, 1.165) is 55.1 Å². The third-order valence-corrected chi connectivity index (χ3v) is 4.25. The van der Waals surface area contributed by atoms with Gasteiger partial charge in [0, 0.05) is 13.0 Å². The molecule has 1 aromatic rings. The van der Waals surface area contributed by atoms with Crippen LogP contribution in [0, 0.1) is 23.7 Å². The molecule has 0 bridgehead atoms. The van der Waals surface area contributed by atoms with E-state index in [4.69, 9.17) is 11.6 Å². The van der Waals surface area contributed by atoms with E-state index in [0.29, 0.717) is 0 Å². The van der Waals surface area contributed by atoms with Crippen molar-refractivity contribution in [3.63, 3.8) is 0 Å². The fourth-order valence-corrected chi connectivity index (χ4v) is 2.94. The maximum atomic E-state index is 9.42. The van der Waals surface area contributed by atoms with Gasteiger partial charge in [-0.15, -0.1) is 0 Å². The third kappa shape index (κ3) is 2.19. The van der Waals surface area contributed by atoms with Gasteiger partial charge in [-0.05, 0) is 26.7 Å². The average molecular weight is 252 g/mol. The molecule has 0 saturated heterocycles. The zero-order chi connectivity index (χ0) is 12.5. The van der Waals surface area contributed by atoms with Crippen molar-refractivity contribution < 1.29 is 0 Å². The Morgan fingerprint density at radius 2 is 2.12 bits per heavy atom. The van der Waals surface area contributed by atoms with Crippen LogP contribution in [0.25, 0.3) is 0 Å². The van der Waals surface area contributed by atoms with E-state index >= 15 is 0 Å². The van der Waals surface area contributed by atoms with Gasteiger partial charge < -0.3 is 0 Å². The van der Waals surface area contributed by atoms with E-state index in [1.54, 1.807) is 0 Å². The van der Waals surface area contributed by atoms with Crippen molar-refractivity contribution >= 4 is 11.6 Å². The van der Waals surface area contributed by atoms with Gasteiger partial charge in [-0.25, -0.2) is 0 Å². The summed E-state index contributed by atoms with van der Waals surface area (Å²) >= 11 is 6.30. The maximum Gasteiger partial charge on any atom is 0.0847 e. The lowest BCUT2D eigenvalue weighted by molar-refractivity contribution is 0.392. The third-order valence-electron chi connectivity index (χ3n) is 3.76. The molecular formula is C13H18ClN3. The molecule has 1 aliphatic carbocycles. The van der Waals surface area contributed by atoms with E-state index in [9.17, 15) is 5.26 Å². The Bertz CT molecular complexity index is 450. The quantitative estimate of drug-likeness (QED) is 0.825. The molecule has 0 aliphatic heterocycles. The highest BCUT2D eigenvalue weighted by Gasteiger charge is 2.36. The molecule has 1 heterocycles. The Morgan fingerprint density at radius 1 is 1.47 bits per heavy atom. The van der Waals surface area contributed by atoms with Gasteiger partial charge in [0.15, 0.2) is 0 Å². The van der Waals surface area contributed by atoms with Crippen molar-refractivity contribution in [3.05, 3.63) is 16.4 Å². The smallest absolute Gasteiger partial charge is 0.0847 e. The molecule has 4 heteroatoms. The van der Waals surface area contributed by atoms with Crippen LogP contribution in [0.5, 0.6) is 0 Å². The Kier molecular flexibility index (Phi) is 3.44. The van der Waals surface area contributed by atoms with Crippen molar-refractivity contribution in [2.75, 3.05) is 0 Å². The molecule has 2 rings (SSSR count). The molecule has 17 heavy (non-hydrogen) atoms. The molecule has 0 amide bonds. The Morgan fingerprint density at radius 3 is 2.65 bits per heavy atom. The summed E-state index contributed by atoms with van der Waals surface area (Å²) in [5.41, 5.74) is 1.70. The number of aryl methyl sites for hydroxylation is 2. The van der Waals surface area contributed by atoms with Crippen molar-refractivity contribution in [1.29, 1.82) is 5.26 Å². The summed E-state index contributed by atoms with van der Waals surface area (Å²) in [5, 5.41) is 14.6. The van der Waals surface area contributed by atoms with E-state index in [-0.39, 0.29) is 5.41 Å². The number of halogens is 1. The lowest BCUT2D eigenvalue weighted by atomic mass is 9.83. The highest BCUT2D eigenvalue weighted by Crippen LogP contribution is 2.41. The highest BCUT2D eigenvalue weighted by molar-refractivity contribution is 6.31. The van der Waals surface area contributed by atoms with Crippen molar-refractivity contribution in [3.8, 4) is 6.07 Å². The molecule has 1 aliphatic rings. The van der Waals surface area contributed by atoms with Gasteiger partial charge in [0.1, 0.15) is 0 Å². The molecule has 0 radical (unpaired) electrons. The molecule has 92 valence electrons. The molecular weight excluding hydrogens is 234 g/mol. The van der Waals surface area contributed by atoms with E-state index < -0.39 is 0 Å². The second-order valence-corrected chi connectivity index (χ2v) is 5.32. The first kappa shape index (κ1) is 12.4. The normalized spacial score (nSPS) is 18.2. The standard InChI is InChI=1S/C13H18ClN3/c1-3-17-11(12(14)10(2)16-17)8-13(9-15)6-4-5-7-13/h3-8H2,1-2H3. The monoisotopic (exact) mass is 251 g/mol. The summed E-state index contributed by atoms with van der Waals surface area (Å²) in [7, 11) is 0. The van der Waals surface area contributed by atoms with Crippen LogP contribution in [0.4, 0.5) is 0 Å². The topological polar surface area (TPSA) is 41.6 Å². The molecule has 0 N–H and O–H groups in total. The summed E-state index contributed by atoms with van der Waals surface area (Å²) < 4.78 is 1.94. The first-order valence-corrected chi connectivity index (χ1v) is 6.63. The zero-order valence-electron chi connectivity index (χ0n) is 10.5. The van der Waals surface area contributed by atoms with Crippen LogP contribution in [-0.2, 0) is 13.0 Å². The van der Waals surface area contributed by atoms with E-state index in [1.165, 1.54) is 0 Å². The first-order chi connectivity index (χ1) is 8.12. The first-order valence-electron chi connectivity index (χ1n) is 6.25. The number of hydrogen-bond acceptors (Lipinski definition) is 2. The fraction of sp³-hybridized carbons (Fsp3) is 0.692. The van der Waals surface area contributed by atoms with Crippen LogP contribution in [0.3, 0.4) is 0 Å². The van der Waals surface area contributed by atoms with Gasteiger partial charge in [-0.1, -0.05) is 24.4 Å². The predicted molar refractivity (Wildman–Crippen MR) is 67.9 cm³/mol. The molecule has 1 saturated carbocycles. The van der Waals surface area contributed by atoms with Crippen LogP contribution >= 0.6 is 11.6 Å². The largest absolute Gasteiger partial charge is 0.268 e. The molecule has 1 aromatic heterocycles. The lowest BCUT2D eigenvalue weighted by Gasteiger charge is -2.20. The molecule has 0 unspecified atom stereocenters. The second-order valence-electron chi connectivity index (χ2n) is 4.94. The molecule has 0 aromatic carbocycles. The average Bonchev–Trinajstić information content (AvgIpc) is 2.90. The summed E-state index contributed by atoms with van der Waals surface area (Å²) in [6, 6.07) is 2.51. The van der Waals surface area contributed by atoms with E-state index in [1.807, 2.05) is 11.6 Å². The maximum absolute atomic E-state index is 9.42. The van der Waals surface area contributed by atoms with Gasteiger partial charge in [-0.2, -0.15) is 10.4 Å². The highest BCUT2D eigenvalue weighted by atomic mass is 35.5. The summed E-state index contributed by atoms with van der Waals surface area (Å²) in [5.74, 6) is 0. The number of rotatable bonds is 3. The predicted octanol–water partition coefficient (Wildman–Crippen LogP) is 3.49. The number of hydrogen-bond donors (Lipinski definition) is 0. The van der Waals surface area contributed by atoms with Crippen molar-refractivity contribution in [2.45, 2.75) is 52.5 Å². The number of aromatic nitrogens is 2. The second kappa shape index (κ2) is 4.70. The molecule has 0 spiro atoms. The van der Waals surface area contributed by atoms with Crippen LogP contribution in [0.2, 0.25) is 5.02 Å². The summed E-state index contributed by atoms with van der Waals surface area (Å²) in [6.45, 7) is 4.79. The zero-order valence-corrected chi connectivity index (χ0v) is 11.2. The van der Waals surface area contributed by atoms with Crippen LogP contribution in [0.15, 0.2) is 0 Å². The Hall–Kier alpha value is -1.01. The summed E-state index contributed by atoms with van der Waals surface area (Å²) in [4.78, 5) is 0. The summed E-state index contributed by atoms with van der Waals surface area (Å²) in [6.07, 6.45) is 5.05. The van der Waals surface area contributed by atoms with Gasteiger partial charge in [-0.3, -0.25) is 4.68 Å². The Balaban J connectivity index is 2.32. The minimum absolute atomic E-state index is 0.205. The van der Waals surface area contributed by atoms with E-state index in [2.05, 4.69) is 18.1 Å². The minimum atomic E-state index is -0.205. The number of nitriles is 1. The van der Waals surface area contributed by atoms with Crippen molar-refractivity contribution in [2.24, 2.45) is 5.41 Å². The molecule has 3 nitrogen and oxygen atoms in total. The van der Waals surface area contributed by atoms with Gasteiger partial charge in [0.25, 0.3) is 0 Å². The lowest BCUT2D eigenvalue weighted by Crippen LogP contribution is -2.19. The molecule has 0 atom stereocenters.